The number of aromatic nitrogens is 2. The standard InChI is InChI=1S/C18H23N3O3/c1-22-16-5-3-2-4-15(16)18-20-19-17(24-18)13-6-9-21(12-13)14-7-10-23-11-8-14/h2-5,13-14H,6-12H2,1H3/t13-/m0/s1. The molecule has 0 radical (unpaired) electrons. The lowest BCUT2D eigenvalue weighted by Crippen LogP contribution is -2.37. The van der Waals surface area contributed by atoms with Crippen molar-refractivity contribution in [2.24, 2.45) is 0 Å². The summed E-state index contributed by atoms with van der Waals surface area (Å²) >= 11 is 0. The molecule has 24 heavy (non-hydrogen) atoms. The van der Waals surface area contributed by atoms with Gasteiger partial charge >= 0.3 is 0 Å². The third-order valence-corrected chi connectivity index (χ3v) is 5.05. The van der Waals surface area contributed by atoms with Crippen LogP contribution in [0.1, 0.15) is 31.1 Å². The van der Waals surface area contributed by atoms with Crippen LogP contribution in [0.3, 0.4) is 0 Å². The third-order valence-electron chi connectivity index (χ3n) is 5.05. The second-order valence-electron chi connectivity index (χ2n) is 6.47. The van der Waals surface area contributed by atoms with Crippen molar-refractivity contribution < 1.29 is 13.9 Å². The summed E-state index contributed by atoms with van der Waals surface area (Å²) in [5.74, 6) is 2.35. The average Bonchev–Trinajstić information content (AvgIpc) is 3.32. The van der Waals surface area contributed by atoms with Gasteiger partial charge in [-0.05, 0) is 37.9 Å². The van der Waals surface area contributed by atoms with E-state index in [4.69, 9.17) is 13.9 Å². The van der Waals surface area contributed by atoms with Crippen LogP contribution in [-0.2, 0) is 4.74 Å². The lowest BCUT2D eigenvalue weighted by Gasteiger charge is -2.30. The molecule has 3 heterocycles. The van der Waals surface area contributed by atoms with Gasteiger partial charge in [-0.1, -0.05) is 12.1 Å². The molecule has 4 rings (SSSR count). The highest BCUT2D eigenvalue weighted by Gasteiger charge is 2.33. The van der Waals surface area contributed by atoms with Gasteiger partial charge in [0.1, 0.15) is 5.75 Å². The van der Waals surface area contributed by atoms with Crippen LogP contribution in [-0.4, -0.2) is 54.6 Å². The zero-order valence-corrected chi connectivity index (χ0v) is 14.0. The van der Waals surface area contributed by atoms with Crippen LogP contribution in [0.4, 0.5) is 0 Å². The van der Waals surface area contributed by atoms with Crippen molar-refractivity contribution >= 4 is 0 Å². The molecule has 1 aromatic heterocycles. The van der Waals surface area contributed by atoms with E-state index in [1.165, 1.54) is 0 Å². The normalized spacial score (nSPS) is 22.8. The lowest BCUT2D eigenvalue weighted by atomic mass is 10.1. The fourth-order valence-corrected chi connectivity index (χ4v) is 3.70. The number of nitrogens with zero attached hydrogens (tertiary/aromatic N) is 3. The Kier molecular flexibility index (Phi) is 4.49. The Labute approximate surface area is 141 Å². The van der Waals surface area contributed by atoms with E-state index >= 15 is 0 Å². The SMILES string of the molecule is COc1ccccc1-c1nnc([C@H]2CCN(C3CCOCC3)C2)o1. The fourth-order valence-electron chi connectivity index (χ4n) is 3.70. The van der Waals surface area contributed by atoms with Crippen LogP contribution >= 0.6 is 0 Å². The van der Waals surface area contributed by atoms with Gasteiger partial charge in [-0.3, -0.25) is 4.90 Å². The smallest absolute Gasteiger partial charge is 0.251 e. The molecule has 0 saturated carbocycles. The van der Waals surface area contributed by atoms with Crippen molar-refractivity contribution in [1.29, 1.82) is 0 Å². The van der Waals surface area contributed by atoms with Crippen molar-refractivity contribution in [3.63, 3.8) is 0 Å². The first-order valence-electron chi connectivity index (χ1n) is 8.63. The van der Waals surface area contributed by atoms with Gasteiger partial charge in [-0.25, -0.2) is 0 Å². The van der Waals surface area contributed by atoms with Gasteiger partial charge in [-0.15, -0.1) is 10.2 Å². The van der Waals surface area contributed by atoms with E-state index in [1.54, 1.807) is 7.11 Å². The van der Waals surface area contributed by atoms with Gasteiger partial charge in [0.15, 0.2) is 0 Å². The molecule has 1 aromatic carbocycles. The molecule has 6 heteroatoms. The van der Waals surface area contributed by atoms with Gasteiger partial charge in [0.05, 0.1) is 18.6 Å². The second kappa shape index (κ2) is 6.91. The molecule has 2 fully saturated rings. The first kappa shape index (κ1) is 15.6. The first-order valence-corrected chi connectivity index (χ1v) is 8.63. The molecule has 0 aliphatic carbocycles. The largest absolute Gasteiger partial charge is 0.496 e. The van der Waals surface area contributed by atoms with E-state index in [0.29, 0.717) is 17.9 Å². The minimum Gasteiger partial charge on any atom is -0.496 e. The number of hydrogen-bond acceptors (Lipinski definition) is 6. The van der Waals surface area contributed by atoms with E-state index in [9.17, 15) is 0 Å². The Balaban J connectivity index is 1.47. The van der Waals surface area contributed by atoms with Gasteiger partial charge in [0.25, 0.3) is 5.89 Å². The summed E-state index contributed by atoms with van der Waals surface area (Å²) in [6, 6.07) is 8.37. The minimum absolute atomic E-state index is 0.323. The van der Waals surface area contributed by atoms with E-state index < -0.39 is 0 Å². The monoisotopic (exact) mass is 329 g/mol. The van der Waals surface area contributed by atoms with Gasteiger partial charge in [-0.2, -0.15) is 0 Å². The quantitative estimate of drug-likeness (QED) is 0.859. The Morgan fingerprint density at radius 3 is 2.79 bits per heavy atom. The molecule has 1 atom stereocenters. The molecule has 0 unspecified atom stereocenters. The summed E-state index contributed by atoms with van der Waals surface area (Å²) in [6.45, 7) is 3.86. The maximum atomic E-state index is 5.98. The minimum atomic E-state index is 0.323. The van der Waals surface area contributed by atoms with E-state index in [0.717, 1.165) is 62.8 Å². The number of para-hydroxylation sites is 1. The molecular weight excluding hydrogens is 306 g/mol. The van der Waals surface area contributed by atoms with Crippen LogP contribution in [0.15, 0.2) is 28.7 Å². The lowest BCUT2D eigenvalue weighted by molar-refractivity contribution is 0.0417. The first-order chi connectivity index (χ1) is 11.8. The van der Waals surface area contributed by atoms with Crippen molar-refractivity contribution in [2.75, 3.05) is 33.4 Å². The summed E-state index contributed by atoms with van der Waals surface area (Å²) in [4.78, 5) is 2.56. The average molecular weight is 329 g/mol. The maximum Gasteiger partial charge on any atom is 0.251 e. The Morgan fingerprint density at radius 1 is 1.12 bits per heavy atom. The van der Waals surface area contributed by atoms with Gasteiger partial charge in [0.2, 0.25) is 5.89 Å². The summed E-state index contributed by atoms with van der Waals surface area (Å²) in [5, 5.41) is 8.55. The zero-order chi connectivity index (χ0) is 16.4. The number of rotatable bonds is 4. The topological polar surface area (TPSA) is 60.6 Å². The maximum absolute atomic E-state index is 5.98. The Morgan fingerprint density at radius 2 is 1.96 bits per heavy atom. The molecule has 2 aromatic rings. The number of methoxy groups -OCH3 is 1. The van der Waals surface area contributed by atoms with Crippen LogP contribution < -0.4 is 4.74 Å². The summed E-state index contributed by atoms with van der Waals surface area (Å²) in [6.07, 6.45) is 3.33. The second-order valence-corrected chi connectivity index (χ2v) is 6.47. The number of ether oxygens (including phenoxy) is 2. The molecule has 2 saturated heterocycles. The molecular formula is C18H23N3O3. The van der Waals surface area contributed by atoms with E-state index in [2.05, 4.69) is 15.1 Å². The fraction of sp³-hybridized carbons (Fsp3) is 0.556. The molecule has 2 aliphatic rings. The molecule has 0 spiro atoms. The summed E-state index contributed by atoms with van der Waals surface area (Å²) < 4.78 is 16.8. The highest BCUT2D eigenvalue weighted by molar-refractivity contribution is 5.62. The third kappa shape index (κ3) is 3.03. The number of benzene rings is 1. The van der Waals surface area contributed by atoms with Crippen LogP contribution in [0.2, 0.25) is 0 Å². The van der Waals surface area contributed by atoms with Gasteiger partial charge in [0, 0.05) is 25.8 Å². The van der Waals surface area contributed by atoms with Crippen LogP contribution in [0, 0.1) is 0 Å². The van der Waals surface area contributed by atoms with Crippen molar-refractivity contribution in [2.45, 2.75) is 31.2 Å². The van der Waals surface area contributed by atoms with E-state index in [1.807, 2.05) is 24.3 Å². The zero-order valence-electron chi connectivity index (χ0n) is 14.0. The highest BCUT2D eigenvalue weighted by Crippen LogP contribution is 2.33. The summed E-state index contributed by atoms with van der Waals surface area (Å²) in [7, 11) is 1.65. The molecule has 2 aliphatic heterocycles. The highest BCUT2D eigenvalue weighted by atomic mass is 16.5. The van der Waals surface area contributed by atoms with Crippen molar-refractivity contribution in [3.05, 3.63) is 30.2 Å². The van der Waals surface area contributed by atoms with Crippen LogP contribution in [0.25, 0.3) is 11.5 Å². The Hall–Kier alpha value is -1.92. The molecule has 0 N–H and O–H groups in total. The predicted molar refractivity (Wildman–Crippen MR) is 89.1 cm³/mol. The van der Waals surface area contributed by atoms with E-state index in [-0.39, 0.29) is 0 Å². The van der Waals surface area contributed by atoms with Crippen molar-refractivity contribution in [3.8, 4) is 17.2 Å². The van der Waals surface area contributed by atoms with Crippen LogP contribution in [0.5, 0.6) is 5.75 Å². The molecule has 6 nitrogen and oxygen atoms in total. The van der Waals surface area contributed by atoms with Gasteiger partial charge < -0.3 is 13.9 Å². The number of hydrogen-bond donors (Lipinski definition) is 0. The molecule has 128 valence electrons. The molecule has 0 bridgehead atoms. The molecule has 0 amide bonds. The predicted octanol–water partition coefficient (Wildman–Crippen LogP) is 2.71. The Bertz CT molecular complexity index is 682. The van der Waals surface area contributed by atoms with Crippen molar-refractivity contribution in [1.82, 2.24) is 15.1 Å². The number of likely N-dealkylation sites (tertiary alicyclic amines) is 1. The summed E-state index contributed by atoms with van der Waals surface area (Å²) in [5.41, 5.74) is 0.845.